The summed E-state index contributed by atoms with van der Waals surface area (Å²) in [6.45, 7) is 0. The molecule has 1 aromatic heterocycles. The molecule has 0 spiro atoms. The molecule has 9 heteroatoms. The van der Waals surface area contributed by atoms with Crippen molar-refractivity contribution in [3.8, 4) is 0 Å². The molecule has 0 aliphatic rings. The summed E-state index contributed by atoms with van der Waals surface area (Å²) >= 11 is 0. The predicted octanol–water partition coefficient (Wildman–Crippen LogP) is 1.31. The van der Waals surface area contributed by atoms with Crippen molar-refractivity contribution in [2.24, 2.45) is 0 Å². The van der Waals surface area contributed by atoms with Crippen molar-refractivity contribution < 1.29 is 27.1 Å². The van der Waals surface area contributed by atoms with Crippen LogP contribution in [0.4, 0.5) is 8.78 Å². The maximum Gasteiger partial charge on any atom is 0.350 e. The van der Waals surface area contributed by atoms with Crippen molar-refractivity contribution in [3.63, 3.8) is 0 Å². The van der Waals surface area contributed by atoms with E-state index in [1.807, 2.05) is 0 Å². The standard InChI is InChI=1S/C12H12F2N2O4S/c13-12(14)21(19,20)16-10(11(17)18)5-7-6-15-9-4-2-1-3-8(7)9/h1-4,6,10,12,15-16H,5H2,(H,17,18). The molecule has 0 aliphatic carbocycles. The Bertz CT molecular complexity index is 757. The number of benzene rings is 1. The number of fused-ring (bicyclic) bond motifs is 1. The summed E-state index contributed by atoms with van der Waals surface area (Å²) < 4.78 is 48.4. The van der Waals surface area contributed by atoms with Crippen LogP contribution in [0.5, 0.6) is 0 Å². The molecule has 0 saturated heterocycles. The van der Waals surface area contributed by atoms with Gasteiger partial charge in [-0.2, -0.15) is 13.5 Å². The molecule has 0 radical (unpaired) electrons. The van der Waals surface area contributed by atoms with Gasteiger partial charge in [0.1, 0.15) is 6.04 Å². The van der Waals surface area contributed by atoms with E-state index in [1.165, 1.54) is 10.9 Å². The van der Waals surface area contributed by atoms with Crippen molar-refractivity contribution in [1.29, 1.82) is 0 Å². The van der Waals surface area contributed by atoms with E-state index < -0.39 is 27.8 Å². The topological polar surface area (TPSA) is 99.3 Å². The normalized spacial score (nSPS) is 13.7. The third-order valence-electron chi connectivity index (χ3n) is 2.94. The van der Waals surface area contributed by atoms with Gasteiger partial charge in [0, 0.05) is 23.5 Å². The van der Waals surface area contributed by atoms with Crippen LogP contribution in [0, 0.1) is 0 Å². The first kappa shape index (κ1) is 15.4. The number of para-hydroxylation sites is 1. The Morgan fingerprint density at radius 2 is 2.00 bits per heavy atom. The molecule has 6 nitrogen and oxygen atoms in total. The van der Waals surface area contributed by atoms with Gasteiger partial charge in [0.15, 0.2) is 0 Å². The average Bonchev–Trinajstić information content (AvgIpc) is 2.81. The maximum atomic E-state index is 12.3. The first-order chi connectivity index (χ1) is 9.81. The van der Waals surface area contributed by atoms with E-state index in [4.69, 9.17) is 5.11 Å². The number of carboxylic acids is 1. The Kier molecular flexibility index (Phi) is 4.24. The molecule has 0 bridgehead atoms. The van der Waals surface area contributed by atoms with Crippen molar-refractivity contribution in [2.45, 2.75) is 18.2 Å². The van der Waals surface area contributed by atoms with Gasteiger partial charge in [-0.05, 0) is 11.6 Å². The first-order valence-electron chi connectivity index (χ1n) is 5.88. The highest BCUT2D eigenvalue weighted by molar-refractivity contribution is 7.89. The van der Waals surface area contributed by atoms with Crippen molar-refractivity contribution >= 4 is 26.9 Å². The smallest absolute Gasteiger partial charge is 0.350 e. The number of H-pyrrole nitrogens is 1. The molecule has 3 N–H and O–H groups in total. The number of aromatic amines is 1. The predicted molar refractivity (Wildman–Crippen MR) is 71.5 cm³/mol. The molecule has 0 saturated carbocycles. The summed E-state index contributed by atoms with van der Waals surface area (Å²) in [6, 6.07) is 5.33. The number of rotatable bonds is 6. The number of carboxylic acid groups (broad SMARTS) is 1. The third kappa shape index (κ3) is 3.37. The molecule has 2 rings (SSSR count). The fraction of sp³-hybridized carbons (Fsp3) is 0.250. The molecule has 1 heterocycles. The summed E-state index contributed by atoms with van der Waals surface area (Å²) in [4.78, 5) is 14.0. The molecular weight excluding hydrogens is 306 g/mol. The number of nitrogens with one attached hydrogen (secondary N) is 2. The number of aromatic nitrogens is 1. The lowest BCUT2D eigenvalue weighted by Crippen LogP contribution is -2.44. The van der Waals surface area contributed by atoms with Crippen molar-refractivity contribution in [2.75, 3.05) is 0 Å². The fourth-order valence-electron chi connectivity index (χ4n) is 1.95. The van der Waals surface area contributed by atoms with Gasteiger partial charge >= 0.3 is 11.7 Å². The minimum Gasteiger partial charge on any atom is -0.480 e. The number of aliphatic carboxylic acids is 1. The second kappa shape index (κ2) is 5.78. The molecule has 0 aliphatic heterocycles. The maximum absolute atomic E-state index is 12.3. The minimum atomic E-state index is -4.97. The van der Waals surface area contributed by atoms with Gasteiger partial charge in [-0.3, -0.25) is 4.79 Å². The van der Waals surface area contributed by atoms with Gasteiger partial charge < -0.3 is 10.1 Å². The zero-order valence-corrected chi connectivity index (χ0v) is 11.4. The van der Waals surface area contributed by atoms with Crippen LogP contribution in [0.25, 0.3) is 10.9 Å². The molecule has 2 aromatic rings. The Morgan fingerprint density at radius 3 is 2.62 bits per heavy atom. The first-order valence-corrected chi connectivity index (χ1v) is 7.43. The molecule has 0 amide bonds. The molecule has 114 valence electrons. The lowest BCUT2D eigenvalue weighted by atomic mass is 10.1. The summed E-state index contributed by atoms with van der Waals surface area (Å²) in [5.74, 6) is -5.20. The largest absolute Gasteiger partial charge is 0.480 e. The lowest BCUT2D eigenvalue weighted by molar-refractivity contribution is -0.138. The van der Waals surface area contributed by atoms with Gasteiger partial charge in [-0.25, -0.2) is 8.42 Å². The van der Waals surface area contributed by atoms with Crippen LogP contribution in [0.2, 0.25) is 0 Å². The highest BCUT2D eigenvalue weighted by Gasteiger charge is 2.31. The summed E-state index contributed by atoms with van der Waals surface area (Å²) in [5.41, 5.74) is 1.27. The Balaban J connectivity index is 2.27. The van der Waals surface area contributed by atoms with E-state index in [0.717, 1.165) is 5.52 Å². The van der Waals surface area contributed by atoms with Gasteiger partial charge in [0.05, 0.1) is 0 Å². The summed E-state index contributed by atoms with van der Waals surface area (Å²) in [6.07, 6.45) is 1.28. The number of sulfonamides is 1. The monoisotopic (exact) mass is 318 g/mol. The second-order valence-electron chi connectivity index (χ2n) is 4.38. The number of alkyl halides is 2. The molecule has 21 heavy (non-hydrogen) atoms. The molecule has 1 aromatic carbocycles. The van der Waals surface area contributed by atoms with E-state index in [2.05, 4.69) is 4.98 Å². The van der Waals surface area contributed by atoms with Gasteiger partial charge in [-0.15, -0.1) is 0 Å². The zero-order chi connectivity index (χ0) is 15.6. The van der Waals surface area contributed by atoms with Gasteiger partial charge in [-0.1, -0.05) is 18.2 Å². The number of hydrogen-bond acceptors (Lipinski definition) is 3. The zero-order valence-electron chi connectivity index (χ0n) is 10.6. The summed E-state index contributed by atoms with van der Waals surface area (Å²) in [7, 11) is -4.97. The minimum absolute atomic E-state index is 0.245. The quantitative estimate of drug-likeness (QED) is 0.747. The van der Waals surface area contributed by atoms with E-state index in [9.17, 15) is 22.0 Å². The highest BCUT2D eigenvalue weighted by atomic mass is 32.2. The Hall–Kier alpha value is -2.00. The average molecular weight is 318 g/mol. The number of hydrogen-bond donors (Lipinski definition) is 3. The molecule has 1 unspecified atom stereocenters. The van der Waals surface area contributed by atoms with Crippen LogP contribution >= 0.6 is 0 Å². The summed E-state index contributed by atoms with van der Waals surface area (Å²) in [5, 5.41) is 9.72. The van der Waals surface area contributed by atoms with Crippen LogP contribution in [0.3, 0.4) is 0 Å². The van der Waals surface area contributed by atoms with Crippen LogP contribution in [-0.2, 0) is 21.2 Å². The second-order valence-corrected chi connectivity index (χ2v) is 6.06. The van der Waals surface area contributed by atoms with Crippen molar-refractivity contribution in [3.05, 3.63) is 36.0 Å². The van der Waals surface area contributed by atoms with E-state index >= 15 is 0 Å². The van der Waals surface area contributed by atoms with E-state index in [1.54, 1.807) is 24.3 Å². The van der Waals surface area contributed by atoms with Crippen molar-refractivity contribution in [1.82, 2.24) is 9.71 Å². The molecule has 0 fully saturated rings. The van der Waals surface area contributed by atoms with Crippen LogP contribution in [0.15, 0.2) is 30.5 Å². The molecular formula is C12H12F2N2O4S. The Morgan fingerprint density at radius 1 is 1.33 bits per heavy atom. The SMILES string of the molecule is O=C(O)C(Cc1c[nH]c2ccccc12)NS(=O)(=O)C(F)F. The van der Waals surface area contributed by atoms with Crippen LogP contribution < -0.4 is 4.72 Å². The highest BCUT2D eigenvalue weighted by Crippen LogP contribution is 2.19. The van der Waals surface area contributed by atoms with E-state index in [0.29, 0.717) is 10.9 Å². The number of carbonyl (C=O) groups is 1. The van der Waals surface area contributed by atoms with E-state index in [-0.39, 0.29) is 6.42 Å². The molecule has 1 atom stereocenters. The third-order valence-corrected chi connectivity index (χ3v) is 4.02. The fourth-order valence-corrected chi connectivity index (χ4v) is 2.63. The van der Waals surface area contributed by atoms with Gasteiger partial charge in [0.25, 0.3) is 10.0 Å². The number of halogens is 2. The van der Waals surface area contributed by atoms with Gasteiger partial charge in [0.2, 0.25) is 0 Å². The lowest BCUT2D eigenvalue weighted by Gasteiger charge is -2.13. The van der Waals surface area contributed by atoms with Crippen LogP contribution in [0.1, 0.15) is 5.56 Å². The van der Waals surface area contributed by atoms with Crippen LogP contribution in [-0.4, -0.2) is 36.3 Å². The Labute approximate surface area is 118 Å².